The third kappa shape index (κ3) is 3.21. The molecule has 100 valence electrons. The molecule has 2 rings (SSSR count). The number of nitrogens with zero attached hydrogens (tertiary/aromatic N) is 1. The Morgan fingerprint density at radius 2 is 2.17 bits per heavy atom. The molecular formula is C14H22N2O2. The molecule has 0 aromatic carbocycles. The first-order chi connectivity index (χ1) is 8.56. The molecule has 0 spiro atoms. The molecule has 18 heavy (non-hydrogen) atoms. The molecule has 3 atom stereocenters. The molecule has 1 aromatic heterocycles. The highest BCUT2D eigenvalue weighted by Crippen LogP contribution is 2.29. The van der Waals surface area contributed by atoms with E-state index in [-0.39, 0.29) is 18.2 Å². The zero-order valence-corrected chi connectivity index (χ0v) is 11.3. The Balaban J connectivity index is 2.07. The summed E-state index contributed by atoms with van der Waals surface area (Å²) in [6.07, 6.45) is 6.14. The van der Waals surface area contributed by atoms with Crippen LogP contribution in [-0.4, -0.2) is 23.3 Å². The summed E-state index contributed by atoms with van der Waals surface area (Å²) in [6, 6.07) is 1.84. The van der Waals surface area contributed by atoms with E-state index in [2.05, 4.69) is 11.9 Å². The molecule has 1 aliphatic heterocycles. The van der Waals surface area contributed by atoms with Crippen molar-refractivity contribution in [2.75, 3.05) is 0 Å². The van der Waals surface area contributed by atoms with Crippen LogP contribution in [0, 0.1) is 0 Å². The number of rotatable bonds is 4. The summed E-state index contributed by atoms with van der Waals surface area (Å²) in [7, 11) is 0. The number of hydrogen-bond donors (Lipinski definition) is 1. The topological polar surface area (TPSA) is 57.4 Å². The average Bonchev–Trinajstić information content (AvgIpc) is 2.74. The molecule has 2 N–H and O–H groups in total. The lowest BCUT2D eigenvalue weighted by molar-refractivity contribution is 0.0400. The van der Waals surface area contributed by atoms with Crippen LogP contribution in [0.4, 0.5) is 0 Å². The van der Waals surface area contributed by atoms with Gasteiger partial charge < -0.3 is 15.2 Å². The summed E-state index contributed by atoms with van der Waals surface area (Å²) in [5.74, 6) is 0.768. The van der Waals surface area contributed by atoms with E-state index in [1.54, 1.807) is 12.4 Å². The fourth-order valence-corrected chi connectivity index (χ4v) is 2.27. The van der Waals surface area contributed by atoms with E-state index in [0.29, 0.717) is 6.10 Å². The van der Waals surface area contributed by atoms with Crippen molar-refractivity contribution in [3.8, 4) is 5.75 Å². The lowest BCUT2D eigenvalue weighted by Gasteiger charge is -2.20. The minimum absolute atomic E-state index is 0.0936. The van der Waals surface area contributed by atoms with Gasteiger partial charge in [0.25, 0.3) is 0 Å². The number of pyridine rings is 1. The number of nitrogens with two attached hydrogens (primary N) is 1. The van der Waals surface area contributed by atoms with Crippen LogP contribution in [-0.2, 0) is 4.74 Å². The monoisotopic (exact) mass is 250 g/mol. The van der Waals surface area contributed by atoms with Gasteiger partial charge in [-0.1, -0.05) is 0 Å². The van der Waals surface area contributed by atoms with Crippen LogP contribution >= 0.6 is 0 Å². The van der Waals surface area contributed by atoms with Crippen LogP contribution < -0.4 is 10.5 Å². The fraction of sp³-hybridized carbons (Fsp3) is 0.643. The minimum atomic E-state index is -0.127. The van der Waals surface area contributed by atoms with E-state index >= 15 is 0 Å². The second-order valence-corrected chi connectivity index (χ2v) is 5.21. The summed E-state index contributed by atoms with van der Waals surface area (Å²) in [5.41, 5.74) is 7.22. The largest absolute Gasteiger partial charge is 0.489 e. The van der Waals surface area contributed by atoms with Crippen LogP contribution in [0.3, 0.4) is 0 Å². The molecule has 0 bridgehead atoms. The van der Waals surface area contributed by atoms with Gasteiger partial charge in [0.1, 0.15) is 5.75 Å². The van der Waals surface area contributed by atoms with Crippen LogP contribution in [0.15, 0.2) is 18.5 Å². The zero-order chi connectivity index (χ0) is 13.1. The van der Waals surface area contributed by atoms with Gasteiger partial charge in [-0.05, 0) is 45.2 Å². The summed E-state index contributed by atoms with van der Waals surface area (Å²) < 4.78 is 11.4. The normalized spacial score (nSPS) is 25.4. The molecule has 1 aliphatic rings. The first-order valence-electron chi connectivity index (χ1n) is 6.59. The molecule has 1 aromatic rings. The molecule has 0 saturated carbocycles. The zero-order valence-electron chi connectivity index (χ0n) is 11.3. The van der Waals surface area contributed by atoms with Crippen molar-refractivity contribution >= 4 is 0 Å². The van der Waals surface area contributed by atoms with Crippen LogP contribution in [0.25, 0.3) is 0 Å². The molecule has 4 nitrogen and oxygen atoms in total. The Hall–Kier alpha value is -1.13. The third-order valence-corrected chi connectivity index (χ3v) is 3.16. The molecule has 0 aliphatic carbocycles. The lowest BCUT2D eigenvalue weighted by atomic mass is 10.0. The molecule has 0 radical (unpaired) electrons. The second kappa shape index (κ2) is 5.67. The van der Waals surface area contributed by atoms with Crippen molar-refractivity contribution < 1.29 is 9.47 Å². The Morgan fingerprint density at radius 1 is 1.39 bits per heavy atom. The van der Waals surface area contributed by atoms with E-state index in [0.717, 1.165) is 24.2 Å². The van der Waals surface area contributed by atoms with Crippen molar-refractivity contribution in [3.63, 3.8) is 0 Å². The fourth-order valence-electron chi connectivity index (χ4n) is 2.27. The maximum atomic E-state index is 6.24. The van der Waals surface area contributed by atoms with Crippen molar-refractivity contribution in [1.82, 2.24) is 4.98 Å². The van der Waals surface area contributed by atoms with Crippen molar-refractivity contribution in [1.29, 1.82) is 0 Å². The minimum Gasteiger partial charge on any atom is -0.489 e. The predicted molar refractivity (Wildman–Crippen MR) is 70.5 cm³/mol. The molecule has 2 heterocycles. The number of hydrogen-bond acceptors (Lipinski definition) is 4. The van der Waals surface area contributed by atoms with Gasteiger partial charge in [-0.25, -0.2) is 0 Å². The van der Waals surface area contributed by atoms with Gasteiger partial charge in [0.2, 0.25) is 0 Å². The van der Waals surface area contributed by atoms with Gasteiger partial charge in [-0.2, -0.15) is 0 Å². The standard InChI is InChI=1S/C14H22N2O2/c1-9(2)17-12-6-11(7-16-8-12)14(15)13-5-4-10(3)18-13/h6-10,13-14H,4-5,15H2,1-3H3. The van der Waals surface area contributed by atoms with Crippen LogP contribution in [0.5, 0.6) is 5.75 Å². The smallest absolute Gasteiger partial charge is 0.138 e. The highest BCUT2D eigenvalue weighted by molar-refractivity contribution is 5.26. The van der Waals surface area contributed by atoms with Gasteiger partial charge in [0.15, 0.2) is 0 Å². The number of aromatic nitrogens is 1. The second-order valence-electron chi connectivity index (χ2n) is 5.21. The SMILES string of the molecule is CC(C)Oc1cncc(C(N)C2CCC(C)O2)c1. The third-order valence-electron chi connectivity index (χ3n) is 3.16. The molecule has 1 saturated heterocycles. The van der Waals surface area contributed by atoms with Crippen molar-refractivity contribution in [2.45, 2.75) is 58.0 Å². The highest BCUT2D eigenvalue weighted by Gasteiger charge is 2.28. The molecule has 3 unspecified atom stereocenters. The van der Waals surface area contributed by atoms with Crippen LogP contribution in [0.1, 0.15) is 45.2 Å². The Morgan fingerprint density at radius 3 is 2.78 bits per heavy atom. The number of ether oxygens (including phenoxy) is 2. The van der Waals surface area contributed by atoms with E-state index in [1.807, 2.05) is 19.9 Å². The maximum Gasteiger partial charge on any atom is 0.138 e. The van der Waals surface area contributed by atoms with E-state index in [9.17, 15) is 0 Å². The summed E-state index contributed by atoms with van der Waals surface area (Å²) in [6.45, 7) is 6.08. The van der Waals surface area contributed by atoms with E-state index in [4.69, 9.17) is 15.2 Å². The maximum absolute atomic E-state index is 6.24. The van der Waals surface area contributed by atoms with Gasteiger partial charge in [-0.3, -0.25) is 4.98 Å². The molecule has 4 heteroatoms. The lowest BCUT2D eigenvalue weighted by Crippen LogP contribution is -2.26. The summed E-state index contributed by atoms with van der Waals surface area (Å²) in [4.78, 5) is 4.19. The highest BCUT2D eigenvalue weighted by atomic mass is 16.5. The molecule has 0 amide bonds. The van der Waals surface area contributed by atoms with Gasteiger partial charge in [-0.15, -0.1) is 0 Å². The van der Waals surface area contributed by atoms with Crippen molar-refractivity contribution in [2.24, 2.45) is 5.73 Å². The quantitative estimate of drug-likeness (QED) is 0.891. The van der Waals surface area contributed by atoms with Gasteiger partial charge in [0, 0.05) is 6.20 Å². The first-order valence-corrected chi connectivity index (χ1v) is 6.59. The Kier molecular flexibility index (Phi) is 4.19. The Labute approximate surface area is 108 Å². The van der Waals surface area contributed by atoms with Crippen LogP contribution in [0.2, 0.25) is 0 Å². The summed E-state index contributed by atoms with van der Waals surface area (Å²) >= 11 is 0. The van der Waals surface area contributed by atoms with E-state index in [1.165, 1.54) is 0 Å². The van der Waals surface area contributed by atoms with E-state index < -0.39 is 0 Å². The summed E-state index contributed by atoms with van der Waals surface area (Å²) in [5, 5.41) is 0. The van der Waals surface area contributed by atoms with Crippen molar-refractivity contribution in [3.05, 3.63) is 24.0 Å². The predicted octanol–water partition coefficient (Wildman–Crippen LogP) is 2.44. The molecular weight excluding hydrogens is 228 g/mol. The Bertz CT molecular complexity index is 395. The van der Waals surface area contributed by atoms with Gasteiger partial charge >= 0.3 is 0 Å². The average molecular weight is 250 g/mol. The molecule has 1 fully saturated rings. The first kappa shape index (κ1) is 13.3. The van der Waals surface area contributed by atoms with Gasteiger partial charge in [0.05, 0.1) is 30.6 Å².